The van der Waals surface area contributed by atoms with E-state index in [1.165, 1.54) is 0 Å². The summed E-state index contributed by atoms with van der Waals surface area (Å²) in [4.78, 5) is 18.5. The number of hydrogen-bond donors (Lipinski definition) is 0. The number of nitrogens with zero attached hydrogens (tertiary/aromatic N) is 3. The fraction of sp³-hybridized carbons (Fsp3) is 0.588. The summed E-state index contributed by atoms with van der Waals surface area (Å²) in [6.45, 7) is 6.09. The number of pyridine rings is 1. The molecule has 0 saturated carbocycles. The quantitative estimate of drug-likeness (QED) is 0.807. The third-order valence-corrected chi connectivity index (χ3v) is 4.05. The second-order valence-electron chi connectivity index (χ2n) is 6.10. The lowest BCUT2D eigenvalue weighted by molar-refractivity contribution is -0.128. The van der Waals surface area contributed by atoms with Crippen LogP contribution >= 0.6 is 0 Å². The maximum atomic E-state index is 12.0. The van der Waals surface area contributed by atoms with Crippen LogP contribution in [0.25, 0.3) is 0 Å². The van der Waals surface area contributed by atoms with Crippen LogP contribution in [-0.2, 0) is 16.0 Å². The smallest absolute Gasteiger partial charge is 0.223 e. The first-order chi connectivity index (χ1) is 10.5. The molecule has 1 saturated heterocycles. The zero-order chi connectivity index (χ0) is 16.1. The van der Waals surface area contributed by atoms with Crippen LogP contribution in [0.5, 0.6) is 0 Å². The third kappa shape index (κ3) is 3.83. The zero-order valence-electron chi connectivity index (χ0n) is 13.5. The van der Waals surface area contributed by atoms with E-state index in [0.29, 0.717) is 37.5 Å². The molecule has 1 aromatic heterocycles. The molecule has 0 radical (unpaired) electrons. The van der Waals surface area contributed by atoms with Crippen LogP contribution in [0.2, 0.25) is 0 Å². The van der Waals surface area contributed by atoms with Crippen molar-refractivity contribution >= 4 is 5.91 Å². The van der Waals surface area contributed by atoms with Gasteiger partial charge in [-0.3, -0.25) is 9.78 Å². The Morgan fingerprint density at radius 3 is 2.91 bits per heavy atom. The Balaban J connectivity index is 2.09. The van der Waals surface area contributed by atoms with Crippen molar-refractivity contribution < 1.29 is 9.53 Å². The standard InChI is InChI=1S/C17H23N3O2/c1-12(2)15-5-4-14(10-18)16(19-15)8-13-9-17(21)20(11-13)6-7-22-3/h4-5,12-13H,6-9,11H2,1-3H3/t13-/m0/s1. The molecule has 1 fully saturated rings. The molecule has 0 spiro atoms. The predicted molar refractivity (Wildman–Crippen MR) is 83.3 cm³/mol. The van der Waals surface area contributed by atoms with Gasteiger partial charge in [0, 0.05) is 32.3 Å². The van der Waals surface area contributed by atoms with Gasteiger partial charge < -0.3 is 9.64 Å². The molecule has 1 aliphatic rings. The molecule has 2 heterocycles. The lowest BCUT2D eigenvalue weighted by atomic mass is 9.98. The first-order valence-electron chi connectivity index (χ1n) is 7.71. The Labute approximate surface area is 131 Å². The monoisotopic (exact) mass is 301 g/mol. The summed E-state index contributed by atoms with van der Waals surface area (Å²) >= 11 is 0. The van der Waals surface area contributed by atoms with Crippen molar-refractivity contribution in [3.05, 3.63) is 29.1 Å². The minimum absolute atomic E-state index is 0.167. The van der Waals surface area contributed by atoms with Gasteiger partial charge >= 0.3 is 0 Å². The highest BCUT2D eigenvalue weighted by molar-refractivity contribution is 5.78. The molecule has 1 aromatic rings. The minimum atomic E-state index is 0.167. The van der Waals surface area contributed by atoms with E-state index in [9.17, 15) is 10.1 Å². The van der Waals surface area contributed by atoms with E-state index in [1.807, 2.05) is 17.0 Å². The Kier molecular flexibility index (Phi) is 5.51. The number of nitriles is 1. The molecule has 118 valence electrons. The first-order valence-corrected chi connectivity index (χ1v) is 7.71. The van der Waals surface area contributed by atoms with Crippen LogP contribution in [0.15, 0.2) is 12.1 Å². The van der Waals surface area contributed by atoms with Crippen LogP contribution in [0.4, 0.5) is 0 Å². The number of rotatable bonds is 6. The molecule has 1 aliphatic heterocycles. The minimum Gasteiger partial charge on any atom is -0.383 e. The molecule has 5 heteroatoms. The topological polar surface area (TPSA) is 66.2 Å². The fourth-order valence-electron chi connectivity index (χ4n) is 2.78. The predicted octanol–water partition coefficient (Wildman–Crippen LogP) is 2.11. The van der Waals surface area contributed by atoms with E-state index in [0.717, 1.165) is 17.9 Å². The van der Waals surface area contributed by atoms with E-state index in [2.05, 4.69) is 24.9 Å². The second kappa shape index (κ2) is 7.37. The lowest BCUT2D eigenvalue weighted by Crippen LogP contribution is -2.29. The molecule has 0 aromatic carbocycles. The summed E-state index contributed by atoms with van der Waals surface area (Å²) in [5.74, 6) is 0.724. The number of methoxy groups -OCH3 is 1. The summed E-state index contributed by atoms with van der Waals surface area (Å²) in [7, 11) is 1.64. The Hall–Kier alpha value is -1.93. The molecule has 5 nitrogen and oxygen atoms in total. The number of ether oxygens (including phenoxy) is 1. The van der Waals surface area contributed by atoms with Gasteiger partial charge in [-0.05, 0) is 30.4 Å². The van der Waals surface area contributed by atoms with E-state index >= 15 is 0 Å². The highest BCUT2D eigenvalue weighted by Gasteiger charge is 2.30. The van der Waals surface area contributed by atoms with Crippen LogP contribution in [0.1, 0.15) is 43.1 Å². The average molecular weight is 301 g/mol. The third-order valence-electron chi connectivity index (χ3n) is 4.05. The van der Waals surface area contributed by atoms with Gasteiger partial charge in [0.15, 0.2) is 0 Å². The van der Waals surface area contributed by atoms with E-state index in [-0.39, 0.29) is 11.8 Å². The van der Waals surface area contributed by atoms with Crippen molar-refractivity contribution in [3.63, 3.8) is 0 Å². The summed E-state index contributed by atoms with van der Waals surface area (Å²) in [5.41, 5.74) is 2.43. The van der Waals surface area contributed by atoms with Crippen LogP contribution in [-0.4, -0.2) is 42.6 Å². The van der Waals surface area contributed by atoms with Crippen molar-refractivity contribution in [2.75, 3.05) is 26.8 Å². The van der Waals surface area contributed by atoms with Gasteiger partial charge in [-0.15, -0.1) is 0 Å². The first kappa shape index (κ1) is 16.4. The van der Waals surface area contributed by atoms with Gasteiger partial charge in [0.1, 0.15) is 6.07 Å². The summed E-state index contributed by atoms with van der Waals surface area (Å²) in [6, 6.07) is 5.97. The summed E-state index contributed by atoms with van der Waals surface area (Å²) in [6.07, 6.45) is 1.21. The van der Waals surface area contributed by atoms with Crippen molar-refractivity contribution in [2.24, 2.45) is 5.92 Å². The number of aromatic nitrogens is 1. The van der Waals surface area contributed by atoms with Gasteiger partial charge in [0.2, 0.25) is 5.91 Å². The van der Waals surface area contributed by atoms with Gasteiger partial charge in [-0.1, -0.05) is 13.8 Å². The summed E-state index contributed by atoms with van der Waals surface area (Å²) < 4.78 is 5.03. The van der Waals surface area contributed by atoms with Gasteiger partial charge in [-0.25, -0.2) is 0 Å². The largest absolute Gasteiger partial charge is 0.383 e. The number of amides is 1. The zero-order valence-corrected chi connectivity index (χ0v) is 13.5. The molecule has 22 heavy (non-hydrogen) atoms. The fourth-order valence-corrected chi connectivity index (χ4v) is 2.78. The van der Waals surface area contributed by atoms with Crippen molar-refractivity contribution in [2.45, 2.75) is 32.6 Å². The molecular weight excluding hydrogens is 278 g/mol. The van der Waals surface area contributed by atoms with Gasteiger partial charge in [-0.2, -0.15) is 5.26 Å². The highest BCUT2D eigenvalue weighted by atomic mass is 16.5. The van der Waals surface area contributed by atoms with E-state index in [4.69, 9.17) is 4.74 Å². The SMILES string of the molecule is COCCN1C[C@@H](Cc2nc(C(C)C)ccc2C#N)CC1=O. The van der Waals surface area contributed by atoms with E-state index in [1.54, 1.807) is 7.11 Å². The molecule has 1 amide bonds. The Morgan fingerprint density at radius 1 is 1.50 bits per heavy atom. The normalized spacial score (nSPS) is 18.0. The molecule has 1 atom stereocenters. The molecule has 0 unspecified atom stereocenters. The number of carbonyl (C=O) groups is 1. The average Bonchev–Trinajstić information content (AvgIpc) is 2.84. The van der Waals surface area contributed by atoms with E-state index < -0.39 is 0 Å². The maximum absolute atomic E-state index is 12.0. The highest BCUT2D eigenvalue weighted by Crippen LogP contribution is 2.24. The van der Waals surface area contributed by atoms with Crippen molar-refractivity contribution in [1.82, 2.24) is 9.88 Å². The van der Waals surface area contributed by atoms with Gasteiger partial charge in [0.25, 0.3) is 0 Å². The molecule has 2 rings (SSSR count). The van der Waals surface area contributed by atoms with Crippen molar-refractivity contribution in [3.8, 4) is 6.07 Å². The van der Waals surface area contributed by atoms with Crippen molar-refractivity contribution in [1.29, 1.82) is 5.26 Å². The lowest BCUT2D eigenvalue weighted by Gasteiger charge is -2.16. The molecular formula is C17H23N3O2. The second-order valence-corrected chi connectivity index (χ2v) is 6.10. The number of hydrogen-bond acceptors (Lipinski definition) is 4. The Bertz CT molecular complexity index is 578. The molecule has 0 N–H and O–H groups in total. The number of likely N-dealkylation sites (tertiary alicyclic amines) is 1. The van der Waals surface area contributed by atoms with Crippen LogP contribution < -0.4 is 0 Å². The number of carbonyl (C=O) groups excluding carboxylic acids is 1. The Morgan fingerprint density at radius 2 is 2.27 bits per heavy atom. The van der Waals surface area contributed by atoms with Gasteiger partial charge in [0.05, 0.1) is 17.9 Å². The van der Waals surface area contributed by atoms with Crippen LogP contribution in [0, 0.1) is 17.2 Å². The maximum Gasteiger partial charge on any atom is 0.223 e. The molecule has 0 bridgehead atoms. The summed E-state index contributed by atoms with van der Waals surface area (Å²) in [5, 5.41) is 9.26. The van der Waals surface area contributed by atoms with Crippen LogP contribution in [0.3, 0.4) is 0 Å². The molecule has 0 aliphatic carbocycles.